The number of rotatable bonds is 5. The first kappa shape index (κ1) is 13.1. The third kappa shape index (κ3) is 3.13. The van der Waals surface area contributed by atoms with Gasteiger partial charge in [0.15, 0.2) is 0 Å². The molecule has 0 saturated heterocycles. The lowest BCUT2D eigenvalue weighted by molar-refractivity contribution is -0.144. The predicted octanol–water partition coefficient (Wildman–Crippen LogP) is 2.20. The molecule has 4 nitrogen and oxygen atoms in total. The molecule has 100 valence electrons. The van der Waals surface area contributed by atoms with Gasteiger partial charge in [-0.05, 0) is 31.2 Å². The van der Waals surface area contributed by atoms with Gasteiger partial charge < -0.3 is 14.4 Å². The van der Waals surface area contributed by atoms with Crippen LogP contribution in [0.2, 0.25) is 0 Å². The SMILES string of the molecule is CCCCOC(=O)Cn1cc2c(c1)C(O)CCC2. The van der Waals surface area contributed by atoms with E-state index < -0.39 is 0 Å². The number of unbranched alkanes of at least 4 members (excludes halogenated alkanes) is 1. The molecule has 1 unspecified atom stereocenters. The number of hydrogen-bond acceptors (Lipinski definition) is 3. The molecule has 1 aromatic rings. The summed E-state index contributed by atoms with van der Waals surface area (Å²) in [6.07, 6.45) is 8.22. The van der Waals surface area contributed by atoms with Gasteiger partial charge in [0, 0.05) is 18.0 Å². The lowest BCUT2D eigenvalue weighted by Crippen LogP contribution is -2.13. The van der Waals surface area contributed by atoms with E-state index in [2.05, 4.69) is 6.92 Å². The Balaban J connectivity index is 1.92. The van der Waals surface area contributed by atoms with Crippen molar-refractivity contribution < 1.29 is 14.6 Å². The number of esters is 1. The number of aliphatic hydroxyl groups excluding tert-OH is 1. The smallest absolute Gasteiger partial charge is 0.325 e. The summed E-state index contributed by atoms with van der Waals surface area (Å²) >= 11 is 0. The van der Waals surface area contributed by atoms with E-state index in [0.717, 1.165) is 43.2 Å². The molecule has 0 aromatic carbocycles. The van der Waals surface area contributed by atoms with Crippen molar-refractivity contribution >= 4 is 5.97 Å². The van der Waals surface area contributed by atoms with Crippen LogP contribution < -0.4 is 0 Å². The fraction of sp³-hybridized carbons (Fsp3) is 0.643. The maximum absolute atomic E-state index is 11.6. The Morgan fingerprint density at radius 1 is 1.56 bits per heavy atom. The van der Waals surface area contributed by atoms with Crippen LogP contribution in [0.4, 0.5) is 0 Å². The Hall–Kier alpha value is -1.29. The largest absolute Gasteiger partial charge is 0.464 e. The summed E-state index contributed by atoms with van der Waals surface area (Å²) < 4.78 is 6.95. The average Bonchev–Trinajstić information content (AvgIpc) is 2.73. The number of aliphatic hydroxyl groups is 1. The number of nitrogens with zero attached hydrogens (tertiary/aromatic N) is 1. The lowest BCUT2D eigenvalue weighted by Gasteiger charge is -2.16. The molecule has 0 fully saturated rings. The number of fused-ring (bicyclic) bond motifs is 1. The quantitative estimate of drug-likeness (QED) is 0.644. The zero-order chi connectivity index (χ0) is 13.0. The number of aromatic nitrogens is 1. The number of hydrogen-bond donors (Lipinski definition) is 1. The second-order valence-electron chi connectivity index (χ2n) is 4.89. The van der Waals surface area contributed by atoms with Crippen LogP contribution in [0.3, 0.4) is 0 Å². The van der Waals surface area contributed by atoms with E-state index in [1.54, 1.807) is 0 Å². The lowest BCUT2D eigenvalue weighted by atomic mass is 9.93. The van der Waals surface area contributed by atoms with Gasteiger partial charge in [-0.3, -0.25) is 4.79 Å². The van der Waals surface area contributed by atoms with Crippen molar-refractivity contribution in [2.24, 2.45) is 0 Å². The van der Waals surface area contributed by atoms with Crippen molar-refractivity contribution in [2.75, 3.05) is 6.61 Å². The fourth-order valence-corrected chi connectivity index (χ4v) is 2.34. The van der Waals surface area contributed by atoms with Crippen molar-refractivity contribution in [2.45, 2.75) is 51.7 Å². The van der Waals surface area contributed by atoms with Gasteiger partial charge in [0.1, 0.15) is 6.54 Å². The third-order valence-electron chi connectivity index (χ3n) is 3.35. The van der Waals surface area contributed by atoms with Crippen LogP contribution in [0.5, 0.6) is 0 Å². The number of carbonyl (C=O) groups is 1. The highest BCUT2D eigenvalue weighted by molar-refractivity contribution is 5.69. The van der Waals surface area contributed by atoms with E-state index in [9.17, 15) is 9.90 Å². The van der Waals surface area contributed by atoms with Crippen LogP contribution in [-0.2, 0) is 22.5 Å². The second kappa shape index (κ2) is 6.05. The van der Waals surface area contributed by atoms with Gasteiger partial charge in [0.05, 0.1) is 12.7 Å². The van der Waals surface area contributed by atoms with Gasteiger partial charge >= 0.3 is 5.97 Å². The Bertz CT molecular complexity index is 411. The number of carbonyl (C=O) groups excluding carboxylic acids is 1. The molecule has 0 amide bonds. The van der Waals surface area contributed by atoms with Gasteiger partial charge in [-0.15, -0.1) is 0 Å². The Labute approximate surface area is 108 Å². The molecule has 0 bridgehead atoms. The van der Waals surface area contributed by atoms with E-state index in [1.165, 1.54) is 0 Å². The van der Waals surface area contributed by atoms with Crippen LogP contribution in [0, 0.1) is 0 Å². The van der Waals surface area contributed by atoms with Crippen LogP contribution in [-0.4, -0.2) is 22.2 Å². The van der Waals surface area contributed by atoms with E-state index in [1.807, 2.05) is 17.0 Å². The summed E-state index contributed by atoms with van der Waals surface area (Å²) in [7, 11) is 0. The molecule has 1 N–H and O–H groups in total. The van der Waals surface area contributed by atoms with E-state index in [4.69, 9.17) is 4.74 Å². The highest BCUT2D eigenvalue weighted by Gasteiger charge is 2.20. The normalized spacial score (nSPS) is 18.4. The highest BCUT2D eigenvalue weighted by atomic mass is 16.5. The van der Waals surface area contributed by atoms with E-state index >= 15 is 0 Å². The monoisotopic (exact) mass is 251 g/mol. The van der Waals surface area contributed by atoms with Gasteiger partial charge in [0.25, 0.3) is 0 Å². The summed E-state index contributed by atoms with van der Waals surface area (Å²) in [5.41, 5.74) is 2.14. The summed E-state index contributed by atoms with van der Waals surface area (Å²) in [6, 6.07) is 0. The molecule has 0 spiro atoms. The van der Waals surface area contributed by atoms with Crippen molar-refractivity contribution in [3.05, 3.63) is 23.5 Å². The predicted molar refractivity (Wildman–Crippen MR) is 68.2 cm³/mol. The Morgan fingerprint density at radius 2 is 2.39 bits per heavy atom. The summed E-state index contributed by atoms with van der Waals surface area (Å²) in [6.45, 7) is 2.80. The third-order valence-corrected chi connectivity index (χ3v) is 3.35. The maximum atomic E-state index is 11.6. The average molecular weight is 251 g/mol. The molecular formula is C14H21NO3. The molecule has 1 aromatic heterocycles. The van der Waals surface area contributed by atoms with Gasteiger partial charge in [-0.1, -0.05) is 13.3 Å². The molecule has 1 aliphatic carbocycles. The molecule has 1 heterocycles. The minimum atomic E-state index is -0.369. The topological polar surface area (TPSA) is 51.5 Å². The molecule has 0 aliphatic heterocycles. The molecule has 1 atom stereocenters. The van der Waals surface area contributed by atoms with Crippen LogP contribution in [0.25, 0.3) is 0 Å². The standard InChI is InChI=1S/C14H21NO3/c1-2-3-7-18-14(17)10-15-8-11-5-4-6-13(16)12(11)9-15/h8-9,13,16H,2-7,10H2,1H3. The maximum Gasteiger partial charge on any atom is 0.325 e. The number of ether oxygens (including phenoxy) is 1. The minimum Gasteiger partial charge on any atom is -0.464 e. The van der Waals surface area contributed by atoms with E-state index in [-0.39, 0.29) is 18.6 Å². The highest BCUT2D eigenvalue weighted by Crippen LogP contribution is 2.30. The zero-order valence-corrected chi connectivity index (χ0v) is 10.9. The summed E-state index contributed by atoms with van der Waals surface area (Å²) in [5, 5.41) is 9.85. The molecule has 1 aliphatic rings. The molecule has 0 radical (unpaired) electrons. The minimum absolute atomic E-state index is 0.203. The van der Waals surface area contributed by atoms with Gasteiger partial charge in [0.2, 0.25) is 0 Å². The van der Waals surface area contributed by atoms with Crippen molar-refractivity contribution in [3.63, 3.8) is 0 Å². The Kier molecular flexibility index (Phi) is 4.42. The first-order valence-corrected chi connectivity index (χ1v) is 6.73. The van der Waals surface area contributed by atoms with Crippen molar-refractivity contribution in [1.29, 1.82) is 0 Å². The zero-order valence-electron chi connectivity index (χ0n) is 10.9. The van der Waals surface area contributed by atoms with Crippen LogP contribution >= 0.6 is 0 Å². The molecule has 2 rings (SSSR count). The van der Waals surface area contributed by atoms with E-state index in [0.29, 0.717) is 6.61 Å². The van der Waals surface area contributed by atoms with Crippen molar-refractivity contribution in [1.82, 2.24) is 4.57 Å². The summed E-state index contributed by atoms with van der Waals surface area (Å²) in [4.78, 5) is 11.6. The van der Waals surface area contributed by atoms with Crippen molar-refractivity contribution in [3.8, 4) is 0 Å². The molecule has 4 heteroatoms. The first-order chi connectivity index (χ1) is 8.70. The first-order valence-electron chi connectivity index (χ1n) is 6.73. The fourth-order valence-electron chi connectivity index (χ4n) is 2.34. The summed E-state index contributed by atoms with van der Waals surface area (Å²) in [5.74, 6) is -0.203. The van der Waals surface area contributed by atoms with Gasteiger partial charge in [-0.25, -0.2) is 0 Å². The van der Waals surface area contributed by atoms with Crippen LogP contribution in [0.1, 0.15) is 49.8 Å². The molecule has 18 heavy (non-hydrogen) atoms. The molecule has 0 saturated carbocycles. The Morgan fingerprint density at radius 3 is 3.11 bits per heavy atom. The van der Waals surface area contributed by atoms with Gasteiger partial charge in [-0.2, -0.15) is 0 Å². The number of aryl methyl sites for hydroxylation is 1. The van der Waals surface area contributed by atoms with Crippen LogP contribution in [0.15, 0.2) is 12.4 Å². The second-order valence-corrected chi connectivity index (χ2v) is 4.89. The molecular weight excluding hydrogens is 230 g/mol.